The fraction of sp³-hybridized carbons (Fsp3) is 0.600. The van der Waals surface area contributed by atoms with Gasteiger partial charge < -0.3 is 10.4 Å². The molecule has 0 unspecified atom stereocenters. The molecule has 0 fully saturated rings. The van der Waals surface area contributed by atoms with Crippen molar-refractivity contribution in [3.63, 3.8) is 0 Å². The van der Waals surface area contributed by atoms with Crippen LogP contribution in [0, 0.1) is 5.41 Å². The van der Waals surface area contributed by atoms with E-state index >= 15 is 0 Å². The van der Waals surface area contributed by atoms with Gasteiger partial charge in [-0.25, -0.2) is 4.98 Å². The Labute approximate surface area is 120 Å². The molecule has 2 aromatic rings. The summed E-state index contributed by atoms with van der Waals surface area (Å²) in [5.41, 5.74) is 2.20. The molecule has 2 aromatic heterocycles. The highest BCUT2D eigenvalue weighted by atomic mass is 16.3. The van der Waals surface area contributed by atoms with Crippen LogP contribution >= 0.6 is 0 Å². The van der Waals surface area contributed by atoms with Crippen molar-refractivity contribution in [1.82, 2.24) is 19.7 Å². The molecule has 0 amide bonds. The van der Waals surface area contributed by atoms with E-state index in [2.05, 4.69) is 29.1 Å². The molecular formula is C15H24N4O. The van der Waals surface area contributed by atoms with E-state index in [1.165, 1.54) is 0 Å². The first-order chi connectivity index (χ1) is 9.74. The van der Waals surface area contributed by atoms with Gasteiger partial charge in [0.1, 0.15) is 0 Å². The minimum absolute atomic E-state index is 0.191. The number of nitrogens with one attached hydrogen (secondary N) is 1. The predicted octanol–water partition coefficient (Wildman–Crippen LogP) is 2.01. The highest BCUT2D eigenvalue weighted by Crippen LogP contribution is 2.29. The molecular weight excluding hydrogens is 252 g/mol. The van der Waals surface area contributed by atoms with Crippen molar-refractivity contribution in [3.8, 4) is 0 Å². The van der Waals surface area contributed by atoms with E-state index in [-0.39, 0.29) is 12.0 Å². The lowest BCUT2D eigenvalue weighted by atomic mass is 9.79. The van der Waals surface area contributed by atoms with Gasteiger partial charge >= 0.3 is 0 Å². The van der Waals surface area contributed by atoms with E-state index in [1.54, 1.807) is 12.4 Å². The third-order valence-electron chi connectivity index (χ3n) is 4.34. The van der Waals surface area contributed by atoms with Crippen molar-refractivity contribution in [2.24, 2.45) is 5.41 Å². The van der Waals surface area contributed by atoms with E-state index in [0.29, 0.717) is 0 Å². The molecule has 0 aromatic carbocycles. The van der Waals surface area contributed by atoms with Crippen LogP contribution in [0.25, 0.3) is 5.65 Å². The molecule has 0 atom stereocenters. The minimum atomic E-state index is 0.191. The molecule has 0 saturated carbocycles. The molecule has 5 heteroatoms. The number of hydrogen-bond donors (Lipinski definition) is 2. The second kappa shape index (κ2) is 6.81. The van der Waals surface area contributed by atoms with E-state index in [0.717, 1.165) is 43.7 Å². The fourth-order valence-corrected chi connectivity index (χ4v) is 2.66. The van der Waals surface area contributed by atoms with Crippen molar-refractivity contribution < 1.29 is 5.11 Å². The number of aliphatic hydroxyl groups excluding tert-OH is 1. The molecule has 2 heterocycles. The summed E-state index contributed by atoms with van der Waals surface area (Å²) >= 11 is 0. The topological polar surface area (TPSA) is 62.5 Å². The average molecular weight is 276 g/mol. The van der Waals surface area contributed by atoms with E-state index < -0.39 is 0 Å². The largest absolute Gasteiger partial charge is 0.396 e. The summed E-state index contributed by atoms with van der Waals surface area (Å²) in [5.74, 6) is 0. The van der Waals surface area contributed by atoms with Gasteiger partial charge in [0.15, 0.2) is 5.65 Å². The number of aromatic nitrogens is 3. The van der Waals surface area contributed by atoms with Gasteiger partial charge in [-0.2, -0.15) is 0 Å². The first kappa shape index (κ1) is 14.9. The molecule has 110 valence electrons. The molecule has 0 aliphatic heterocycles. The highest BCUT2D eigenvalue weighted by molar-refractivity contribution is 5.36. The standard InChI is InChI=1S/C15H24N4O/c1-3-15(4-2,5-8-20)12-17-9-13-10-18-14-11-16-6-7-19(13)14/h6-7,10-11,17,20H,3-5,8-9,12H2,1-2H3. The van der Waals surface area contributed by atoms with Gasteiger partial charge in [-0.3, -0.25) is 9.38 Å². The van der Waals surface area contributed by atoms with Crippen LogP contribution in [0.3, 0.4) is 0 Å². The molecule has 0 saturated heterocycles. The first-order valence-corrected chi connectivity index (χ1v) is 7.32. The SMILES string of the molecule is CCC(CC)(CCO)CNCc1cnc2cnccn12. The number of imidazole rings is 1. The van der Waals surface area contributed by atoms with Gasteiger partial charge in [0.25, 0.3) is 0 Å². The molecule has 20 heavy (non-hydrogen) atoms. The zero-order chi connectivity index (χ0) is 14.4. The number of hydrogen-bond acceptors (Lipinski definition) is 4. The maximum Gasteiger partial charge on any atom is 0.155 e. The van der Waals surface area contributed by atoms with Crippen LogP contribution in [-0.2, 0) is 6.54 Å². The number of aliphatic hydroxyl groups is 1. The molecule has 0 aliphatic carbocycles. The predicted molar refractivity (Wildman–Crippen MR) is 79.4 cm³/mol. The Balaban J connectivity index is 1.98. The van der Waals surface area contributed by atoms with Crippen LogP contribution in [0.2, 0.25) is 0 Å². The van der Waals surface area contributed by atoms with E-state index in [1.807, 2.05) is 16.8 Å². The summed E-state index contributed by atoms with van der Waals surface area (Å²) in [4.78, 5) is 8.40. The van der Waals surface area contributed by atoms with Crippen molar-refractivity contribution in [3.05, 3.63) is 30.5 Å². The zero-order valence-corrected chi connectivity index (χ0v) is 12.3. The summed E-state index contributed by atoms with van der Waals surface area (Å²) in [6.45, 7) is 6.34. The Kier molecular flexibility index (Phi) is 5.09. The monoisotopic (exact) mass is 276 g/mol. The van der Waals surface area contributed by atoms with Crippen LogP contribution in [0.1, 0.15) is 38.8 Å². The van der Waals surface area contributed by atoms with Gasteiger partial charge in [-0.15, -0.1) is 0 Å². The Morgan fingerprint density at radius 2 is 2.10 bits per heavy atom. The van der Waals surface area contributed by atoms with Crippen molar-refractivity contribution in [2.75, 3.05) is 13.2 Å². The summed E-state index contributed by atoms with van der Waals surface area (Å²) in [6, 6.07) is 0. The summed E-state index contributed by atoms with van der Waals surface area (Å²) in [5, 5.41) is 12.8. The molecule has 0 radical (unpaired) electrons. The van der Waals surface area contributed by atoms with Gasteiger partial charge in [0, 0.05) is 32.1 Å². The summed E-state index contributed by atoms with van der Waals surface area (Å²) < 4.78 is 2.05. The zero-order valence-electron chi connectivity index (χ0n) is 12.3. The van der Waals surface area contributed by atoms with E-state index in [4.69, 9.17) is 0 Å². The Morgan fingerprint density at radius 1 is 1.30 bits per heavy atom. The molecule has 0 aliphatic rings. The van der Waals surface area contributed by atoms with Crippen molar-refractivity contribution in [2.45, 2.75) is 39.7 Å². The average Bonchev–Trinajstić information content (AvgIpc) is 2.90. The van der Waals surface area contributed by atoms with E-state index in [9.17, 15) is 5.11 Å². The summed E-state index contributed by atoms with van der Waals surface area (Å²) in [6.07, 6.45) is 10.4. The lowest BCUT2D eigenvalue weighted by Crippen LogP contribution is -2.34. The minimum Gasteiger partial charge on any atom is -0.396 e. The third kappa shape index (κ3) is 3.16. The second-order valence-electron chi connectivity index (χ2n) is 5.34. The molecule has 2 N–H and O–H groups in total. The number of nitrogens with zero attached hydrogens (tertiary/aromatic N) is 3. The quantitative estimate of drug-likeness (QED) is 0.774. The van der Waals surface area contributed by atoms with Crippen LogP contribution in [-0.4, -0.2) is 32.6 Å². The second-order valence-corrected chi connectivity index (χ2v) is 5.34. The lowest BCUT2D eigenvalue weighted by molar-refractivity contribution is 0.163. The Bertz CT molecular complexity index is 533. The van der Waals surface area contributed by atoms with Crippen molar-refractivity contribution >= 4 is 5.65 Å². The normalized spacial score (nSPS) is 12.2. The molecule has 0 spiro atoms. The van der Waals surface area contributed by atoms with Gasteiger partial charge in [0.05, 0.1) is 18.1 Å². The van der Waals surface area contributed by atoms with Crippen LogP contribution < -0.4 is 5.32 Å². The van der Waals surface area contributed by atoms with Crippen LogP contribution in [0.15, 0.2) is 24.8 Å². The maximum atomic E-state index is 9.24. The summed E-state index contributed by atoms with van der Waals surface area (Å²) in [7, 11) is 0. The van der Waals surface area contributed by atoms with Crippen LogP contribution in [0.5, 0.6) is 0 Å². The first-order valence-electron chi connectivity index (χ1n) is 7.32. The van der Waals surface area contributed by atoms with Gasteiger partial charge in [-0.05, 0) is 24.7 Å². The Morgan fingerprint density at radius 3 is 2.80 bits per heavy atom. The number of rotatable bonds is 8. The fourth-order valence-electron chi connectivity index (χ4n) is 2.66. The van der Waals surface area contributed by atoms with Crippen LogP contribution in [0.4, 0.5) is 0 Å². The van der Waals surface area contributed by atoms with Crippen molar-refractivity contribution in [1.29, 1.82) is 0 Å². The molecule has 0 bridgehead atoms. The Hall–Kier alpha value is -1.46. The maximum absolute atomic E-state index is 9.24. The van der Waals surface area contributed by atoms with Gasteiger partial charge in [0.2, 0.25) is 0 Å². The number of fused-ring (bicyclic) bond motifs is 1. The smallest absolute Gasteiger partial charge is 0.155 e. The molecule has 2 rings (SSSR count). The lowest BCUT2D eigenvalue weighted by Gasteiger charge is -2.31. The third-order valence-corrected chi connectivity index (χ3v) is 4.34. The highest BCUT2D eigenvalue weighted by Gasteiger charge is 2.24. The molecule has 5 nitrogen and oxygen atoms in total. The van der Waals surface area contributed by atoms with Gasteiger partial charge in [-0.1, -0.05) is 13.8 Å².